The standard InChI is InChI=1S/C4H2BI/c1-3-5(6)4-2/h1-2H. The van der Waals surface area contributed by atoms with E-state index >= 15 is 0 Å². The Morgan fingerprint density at radius 3 is 1.67 bits per heavy atom. The van der Waals surface area contributed by atoms with Crippen molar-refractivity contribution in [2.24, 2.45) is 0 Å². The Kier molecular flexibility index (Phi) is 3.07. The van der Waals surface area contributed by atoms with Gasteiger partial charge in [0.25, 0.3) is 0 Å². The summed E-state index contributed by atoms with van der Waals surface area (Å²) in [5.74, 6) is 4.73. The monoisotopic (exact) mass is 188 g/mol. The summed E-state index contributed by atoms with van der Waals surface area (Å²) in [6.07, 6.45) is 9.77. The number of hydrogen-bond donors (Lipinski definition) is 0. The summed E-state index contributed by atoms with van der Waals surface area (Å²) in [5.41, 5.74) is 0. The van der Waals surface area contributed by atoms with E-state index in [9.17, 15) is 0 Å². The summed E-state index contributed by atoms with van der Waals surface area (Å²) in [5, 5.41) is 0. The first-order chi connectivity index (χ1) is 2.81. The molecule has 0 fully saturated rings. The van der Waals surface area contributed by atoms with Gasteiger partial charge in [-0.1, -0.05) is 0 Å². The molecule has 0 atom stereocenters. The van der Waals surface area contributed by atoms with Crippen LogP contribution in [0.2, 0.25) is 0 Å². The van der Waals surface area contributed by atoms with Crippen LogP contribution in [0, 0.1) is 24.5 Å². The van der Waals surface area contributed by atoms with Gasteiger partial charge in [-0.25, -0.2) is 0 Å². The Balaban J connectivity index is 3.40. The van der Waals surface area contributed by atoms with E-state index in [4.69, 9.17) is 12.8 Å². The lowest BCUT2D eigenvalue weighted by atomic mass is 9.82. The molecule has 0 aromatic rings. The minimum atomic E-state index is -0.0393. The zero-order chi connectivity index (χ0) is 4.99. The molecule has 0 aliphatic heterocycles. The van der Waals surface area contributed by atoms with Crippen molar-refractivity contribution < 1.29 is 0 Å². The van der Waals surface area contributed by atoms with Crippen LogP contribution < -0.4 is 0 Å². The first kappa shape index (κ1) is 5.91. The van der Waals surface area contributed by atoms with E-state index in [0.717, 1.165) is 0 Å². The maximum atomic E-state index is 4.88. The van der Waals surface area contributed by atoms with Crippen LogP contribution in [0.15, 0.2) is 0 Å². The fourth-order valence-electron chi connectivity index (χ4n) is 0.0481. The van der Waals surface area contributed by atoms with E-state index < -0.39 is 0 Å². The van der Waals surface area contributed by atoms with Gasteiger partial charge >= 0.3 is 4.57 Å². The molecule has 0 spiro atoms. The van der Waals surface area contributed by atoms with E-state index in [2.05, 4.69) is 11.6 Å². The summed E-state index contributed by atoms with van der Waals surface area (Å²) in [4.78, 5) is 0. The fourth-order valence-corrected chi connectivity index (χ4v) is 0.0481. The van der Waals surface area contributed by atoms with Crippen LogP contribution in [0.4, 0.5) is 0 Å². The summed E-state index contributed by atoms with van der Waals surface area (Å²) in [6.45, 7) is 0. The van der Waals surface area contributed by atoms with Gasteiger partial charge in [0.2, 0.25) is 0 Å². The molecule has 0 nitrogen and oxygen atoms in total. The third-order valence-corrected chi connectivity index (χ3v) is 1.01. The van der Waals surface area contributed by atoms with Gasteiger partial charge in [-0.05, 0) is 0 Å². The van der Waals surface area contributed by atoms with Crippen molar-refractivity contribution in [2.75, 3.05) is 0 Å². The van der Waals surface area contributed by atoms with Crippen molar-refractivity contribution in [3.05, 3.63) is 0 Å². The van der Waals surface area contributed by atoms with Crippen molar-refractivity contribution in [1.29, 1.82) is 0 Å². The Bertz CT molecular complexity index is 91.7. The smallest absolute Gasteiger partial charge is 0.130 e. The highest BCUT2D eigenvalue weighted by atomic mass is 127. The Hall–Kier alpha value is -0.0851. The zero-order valence-corrected chi connectivity index (χ0v) is 5.27. The van der Waals surface area contributed by atoms with Crippen LogP contribution in [0.1, 0.15) is 0 Å². The molecule has 2 heteroatoms. The average molecular weight is 188 g/mol. The second-order valence-electron chi connectivity index (χ2n) is 0.696. The molecular formula is C4H2BI. The lowest BCUT2D eigenvalue weighted by Gasteiger charge is -1.71. The van der Waals surface area contributed by atoms with Gasteiger partial charge in [-0.2, -0.15) is 0 Å². The molecule has 0 saturated carbocycles. The first-order valence-corrected chi connectivity index (χ1v) is 2.62. The SMILES string of the molecule is C#CB(I)C#C. The molecule has 0 aromatic heterocycles. The molecule has 0 rings (SSSR count). The Morgan fingerprint density at radius 1 is 1.33 bits per heavy atom. The van der Waals surface area contributed by atoms with Crippen LogP contribution in [-0.4, -0.2) is 4.57 Å². The third kappa shape index (κ3) is 2.17. The van der Waals surface area contributed by atoms with Gasteiger partial charge in [0.15, 0.2) is 0 Å². The van der Waals surface area contributed by atoms with Crippen molar-refractivity contribution >= 4 is 26.9 Å². The largest absolute Gasteiger partial charge is 0.380 e. The van der Waals surface area contributed by atoms with Gasteiger partial charge in [0, 0.05) is 0 Å². The quantitative estimate of drug-likeness (QED) is 0.299. The molecule has 0 radical (unpaired) electrons. The number of hydrogen-bond acceptors (Lipinski definition) is 0. The van der Waals surface area contributed by atoms with Gasteiger partial charge in [0.1, 0.15) is 0 Å². The van der Waals surface area contributed by atoms with Crippen LogP contribution >= 0.6 is 22.4 Å². The Labute approximate surface area is 51.7 Å². The second kappa shape index (κ2) is 3.12. The van der Waals surface area contributed by atoms with E-state index in [1.807, 2.05) is 22.4 Å². The second-order valence-corrected chi connectivity index (χ2v) is 1.94. The maximum Gasteiger partial charge on any atom is 0.380 e. The van der Waals surface area contributed by atoms with Crippen LogP contribution in [0.25, 0.3) is 0 Å². The molecule has 0 N–H and O–H groups in total. The van der Waals surface area contributed by atoms with Crippen molar-refractivity contribution in [3.8, 4) is 24.5 Å². The molecule has 0 heterocycles. The van der Waals surface area contributed by atoms with Crippen molar-refractivity contribution in [1.82, 2.24) is 0 Å². The highest BCUT2D eigenvalue weighted by Crippen LogP contribution is 1.85. The lowest BCUT2D eigenvalue weighted by molar-refractivity contribution is 2.85. The number of rotatable bonds is 0. The third-order valence-electron chi connectivity index (χ3n) is 0.293. The number of halogens is 1. The zero-order valence-electron chi connectivity index (χ0n) is 3.11. The van der Waals surface area contributed by atoms with E-state index in [0.29, 0.717) is 0 Å². The topological polar surface area (TPSA) is 0 Å². The molecule has 0 aliphatic rings. The van der Waals surface area contributed by atoms with Crippen LogP contribution in [0.3, 0.4) is 0 Å². The van der Waals surface area contributed by atoms with Gasteiger partial charge in [-0.3, -0.25) is 0 Å². The van der Waals surface area contributed by atoms with Crippen molar-refractivity contribution in [2.45, 2.75) is 0 Å². The average Bonchev–Trinajstić information content (AvgIpc) is 1.65. The van der Waals surface area contributed by atoms with Gasteiger partial charge < -0.3 is 0 Å². The molecule has 6 heavy (non-hydrogen) atoms. The van der Waals surface area contributed by atoms with Crippen LogP contribution in [-0.2, 0) is 0 Å². The molecule has 28 valence electrons. The highest BCUT2D eigenvalue weighted by molar-refractivity contribution is 14.1. The summed E-state index contributed by atoms with van der Waals surface area (Å²) in [6, 6.07) is 0. The summed E-state index contributed by atoms with van der Waals surface area (Å²) in [7, 11) is 0. The first-order valence-electron chi connectivity index (χ1n) is 1.37. The predicted molar refractivity (Wildman–Crippen MR) is 37.4 cm³/mol. The fraction of sp³-hybridized carbons (Fsp3) is 0. The number of terminal acetylenes is 2. The normalized spacial score (nSPS) is 5.17. The minimum absolute atomic E-state index is 0.0393. The molecule has 0 aliphatic carbocycles. The van der Waals surface area contributed by atoms with Crippen LogP contribution in [0.5, 0.6) is 0 Å². The summed E-state index contributed by atoms with van der Waals surface area (Å²) < 4.78 is -0.0393. The molecular weight excluding hydrogens is 186 g/mol. The van der Waals surface area contributed by atoms with E-state index in [1.54, 1.807) is 0 Å². The molecule has 0 saturated heterocycles. The molecule has 0 aromatic carbocycles. The molecule has 0 unspecified atom stereocenters. The van der Waals surface area contributed by atoms with Gasteiger partial charge in [0.05, 0.1) is 0 Å². The molecule has 0 bridgehead atoms. The van der Waals surface area contributed by atoms with E-state index in [1.165, 1.54) is 0 Å². The highest BCUT2D eigenvalue weighted by Gasteiger charge is 1.93. The van der Waals surface area contributed by atoms with E-state index in [-0.39, 0.29) is 4.57 Å². The van der Waals surface area contributed by atoms with Crippen molar-refractivity contribution in [3.63, 3.8) is 0 Å². The Morgan fingerprint density at radius 2 is 1.67 bits per heavy atom. The molecule has 0 amide bonds. The minimum Gasteiger partial charge on any atom is -0.130 e. The summed E-state index contributed by atoms with van der Waals surface area (Å²) >= 11 is 2.00. The maximum absolute atomic E-state index is 4.88. The lowest BCUT2D eigenvalue weighted by Crippen LogP contribution is -1.90. The predicted octanol–water partition coefficient (Wildman–Crippen LogP) is 0.758. The van der Waals surface area contributed by atoms with Gasteiger partial charge in [-0.15, -0.1) is 46.9 Å².